The van der Waals surface area contributed by atoms with E-state index >= 15 is 0 Å². The molecule has 1 heterocycles. The molecule has 4 nitrogen and oxygen atoms in total. The Labute approximate surface area is 179 Å². The van der Waals surface area contributed by atoms with Gasteiger partial charge in [0.1, 0.15) is 0 Å². The Morgan fingerprint density at radius 1 is 0.867 bits per heavy atom. The van der Waals surface area contributed by atoms with E-state index in [1.807, 2.05) is 48.5 Å². The average Bonchev–Trinajstić information content (AvgIpc) is 3.07. The van der Waals surface area contributed by atoms with Crippen molar-refractivity contribution >= 4 is 44.5 Å². The first kappa shape index (κ1) is 20.2. The number of benzene rings is 3. The summed E-state index contributed by atoms with van der Waals surface area (Å²) >= 11 is 1.48. The lowest BCUT2D eigenvalue weighted by Crippen LogP contribution is -2.14. The first-order valence-corrected chi connectivity index (χ1v) is 11.6. The van der Waals surface area contributed by atoms with Crippen molar-refractivity contribution in [2.75, 3.05) is 0 Å². The zero-order valence-electron chi connectivity index (χ0n) is 16.2. The Kier molecular flexibility index (Phi) is 5.61. The van der Waals surface area contributed by atoms with Crippen molar-refractivity contribution in [2.24, 2.45) is 0 Å². The Hall–Kier alpha value is -3.09. The van der Waals surface area contributed by atoms with Gasteiger partial charge in [-0.2, -0.15) is 0 Å². The van der Waals surface area contributed by atoms with Gasteiger partial charge in [0.2, 0.25) is 0 Å². The topological polar surface area (TPSA) is 56.1 Å². The third-order valence-corrected chi connectivity index (χ3v) is 7.42. The predicted molar refractivity (Wildman–Crippen MR) is 121 cm³/mol. The van der Waals surface area contributed by atoms with Gasteiger partial charge in [-0.25, -0.2) is 12.4 Å². The number of fused-ring (bicyclic) bond motifs is 1. The second kappa shape index (κ2) is 8.34. The predicted octanol–water partition coefficient (Wildman–Crippen LogP) is 5.63. The minimum absolute atomic E-state index is 0.153. The van der Waals surface area contributed by atoms with Crippen LogP contribution in [0.3, 0.4) is 0 Å². The lowest BCUT2D eigenvalue weighted by molar-refractivity contribution is -0.112. The number of aromatic nitrogens is 1. The highest BCUT2D eigenvalue weighted by molar-refractivity contribution is 7.99. The third kappa shape index (κ3) is 3.84. The smallest absolute Gasteiger partial charge is 0.268 e. The highest BCUT2D eigenvalue weighted by atomic mass is 32.2. The molecule has 0 aliphatic carbocycles. The molecular weight excluding hydrogens is 414 g/mol. The zero-order chi connectivity index (χ0) is 21.1. The second-order valence-corrected chi connectivity index (χ2v) is 9.54. The van der Waals surface area contributed by atoms with Crippen LogP contribution in [0.1, 0.15) is 12.6 Å². The molecule has 4 rings (SSSR count). The molecule has 1 aromatic heterocycles. The van der Waals surface area contributed by atoms with E-state index < -0.39 is 10.0 Å². The molecule has 0 aliphatic heterocycles. The van der Waals surface area contributed by atoms with Crippen LogP contribution in [0.15, 0.2) is 106 Å². The van der Waals surface area contributed by atoms with Crippen molar-refractivity contribution in [1.82, 2.24) is 3.97 Å². The van der Waals surface area contributed by atoms with Crippen LogP contribution in [0.4, 0.5) is 0 Å². The summed E-state index contributed by atoms with van der Waals surface area (Å²) in [6, 6.07) is 25.5. The molecule has 6 heteroatoms. The summed E-state index contributed by atoms with van der Waals surface area (Å²) in [7, 11) is -3.87. The second-order valence-electron chi connectivity index (χ2n) is 6.67. The lowest BCUT2D eigenvalue weighted by atomic mass is 10.2. The van der Waals surface area contributed by atoms with Crippen LogP contribution < -0.4 is 0 Å². The molecule has 0 radical (unpaired) electrons. The molecule has 150 valence electrons. The zero-order valence-corrected chi connectivity index (χ0v) is 17.9. The van der Waals surface area contributed by atoms with Crippen LogP contribution in [-0.2, 0) is 14.8 Å². The number of allylic oxidation sites excluding steroid dienone is 1. The largest absolute Gasteiger partial charge is 0.295 e. The number of carbonyl (C=O) groups is 1. The number of hydrogen-bond acceptors (Lipinski definition) is 4. The molecule has 3 aromatic carbocycles. The molecule has 4 aromatic rings. The summed E-state index contributed by atoms with van der Waals surface area (Å²) < 4.78 is 28.6. The minimum atomic E-state index is -3.87. The van der Waals surface area contributed by atoms with Gasteiger partial charge in [-0.05, 0) is 49.4 Å². The lowest BCUT2D eigenvalue weighted by Gasteiger charge is -2.11. The van der Waals surface area contributed by atoms with E-state index in [1.165, 1.54) is 28.7 Å². The summed E-state index contributed by atoms with van der Waals surface area (Å²) in [5, 5.41) is 0.814. The molecule has 0 unspecified atom stereocenters. The van der Waals surface area contributed by atoms with Gasteiger partial charge >= 0.3 is 0 Å². The van der Waals surface area contributed by atoms with Gasteiger partial charge in [0.15, 0.2) is 5.78 Å². The molecule has 0 saturated heterocycles. The quantitative estimate of drug-likeness (QED) is 0.370. The molecular formula is C24H19NO3S2. The Morgan fingerprint density at radius 3 is 2.13 bits per heavy atom. The number of nitrogens with zero attached hydrogens (tertiary/aromatic N) is 1. The highest BCUT2D eigenvalue weighted by Crippen LogP contribution is 2.40. The summed E-state index contributed by atoms with van der Waals surface area (Å²) in [6.45, 7) is 1.44. The maximum absolute atomic E-state index is 13.6. The van der Waals surface area contributed by atoms with E-state index in [0.717, 1.165) is 15.2 Å². The third-order valence-electron chi connectivity index (χ3n) is 4.54. The first-order valence-electron chi connectivity index (χ1n) is 9.34. The molecule has 0 spiro atoms. The Bertz CT molecular complexity index is 1340. The van der Waals surface area contributed by atoms with E-state index in [4.69, 9.17) is 0 Å². The molecule has 0 atom stereocenters. The number of ketones is 1. The van der Waals surface area contributed by atoms with Crippen LogP contribution in [-0.4, -0.2) is 18.2 Å². The summed E-state index contributed by atoms with van der Waals surface area (Å²) in [6.07, 6.45) is 2.99. The SMILES string of the molecule is CC(=O)/C=C/c1c(Sc2ccccc2)c2ccccc2n1S(=O)(=O)c1ccccc1. The minimum Gasteiger partial charge on any atom is -0.295 e. The fourth-order valence-corrected chi connectivity index (χ4v) is 5.89. The van der Waals surface area contributed by atoms with E-state index in [-0.39, 0.29) is 10.7 Å². The monoisotopic (exact) mass is 433 g/mol. The van der Waals surface area contributed by atoms with E-state index in [1.54, 1.807) is 42.5 Å². The molecule has 0 N–H and O–H groups in total. The summed E-state index contributed by atoms with van der Waals surface area (Å²) in [5.74, 6) is -0.153. The number of para-hydroxylation sites is 1. The molecule has 0 fully saturated rings. The Morgan fingerprint density at radius 2 is 1.47 bits per heavy atom. The number of carbonyl (C=O) groups excluding carboxylic acids is 1. The van der Waals surface area contributed by atoms with Crippen molar-refractivity contribution < 1.29 is 13.2 Å². The summed E-state index contributed by atoms with van der Waals surface area (Å²) in [4.78, 5) is 13.6. The van der Waals surface area contributed by atoms with E-state index in [2.05, 4.69) is 0 Å². The van der Waals surface area contributed by atoms with Crippen LogP contribution >= 0.6 is 11.8 Å². The first-order chi connectivity index (χ1) is 14.5. The standard InChI is InChI=1S/C24H19NO3S2/c1-18(26)16-17-23-24(29-19-10-4-2-5-11-19)21-14-8-9-15-22(21)25(23)30(27,28)20-12-6-3-7-13-20/h2-17H,1H3/b17-16+. The van der Waals surface area contributed by atoms with Crippen molar-refractivity contribution in [1.29, 1.82) is 0 Å². The van der Waals surface area contributed by atoms with Gasteiger partial charge < -0.3 is 0 Å². The van der Waals surface area contributed by atoms with E-state index in [0.29, 0.717) is 11.2 Å². The molecule has 0 bridgehead atoms. The fourth-order valence-electron chi connectivity index (χ4n) is 3.21. The van der Waals surface area contributed by atoms with Crippen LogP contribution in [0.2, 0.25) is 0 Å². The van der Waals surface area contributed by atoms with Crippen molar-refractivity contribution in [3.63, 3.8) is 0 Å². The molecule has 0 aliphatic rings. The molecule has 0 saturated carbocycles. The van der Waals surface area contributed by atoms with E-state index in [9.17, 15) is 13.2 Å². The maximum atomic E-state index is 13.6. The number of rotatable bonds is 6. The summed E-state index contributed by atoms with van der Waals surface area (Å²) in [5.41, 5.74) is 1.03. The van der Waals surface area contributed by atoms with Gasteiger partial charge in [0.25, 0.3) is 10.0 Å². The van der Waals surface area contributed by atoms with Gasteiger partial charge in [0.05, 0.1) is 16.1 Å². The normalized spacial score (nSPS) is 11.9. The van der Waals surface area contributed by atoms with Crippen molar-refractivity contribution in [3.05, 3.63) is 96.7 Å². The fraction of sp³-hybridized carbons (Fsp3) is 0.0417. The van der Waals surface area contributed by atoms with Gasteiger partial charge in [0, 0.05) is 15.2 Å². The average molecular weight is 434 g/mol. The molecule has 30 heavy (non-hydrogen) atoms. The Balaban J connectivity index is 2.04. The molecule has 0 amide bonds. The maximum Gasteiger partial charge on any atom is 0.268 e. The highest BCUT2D eigenvalue weighted by Gasteiger charge is 2.26. The van der Waals surface area contributed by atoms with Crippen LogP contribution in [0, 0.1) is 0 Å². The van der Waals surface area contributed by atoms with Crippen LogP contribution in [0.5, 0.6) is 0 Å². The van der Waals surface area contributed by atoms with Crippen molar-refractivity contribution in [2.45, 2.75) is 21.6 Å². The van der Waals surface area contributed by atoms with Crippen molar-refractivity contribution in [3.8, 4) is 0 Å². The van der Waals surface area contributed by atoms with Gasteiger partial charge in [-0.1, -0.05) is 66.4 Å². The number of hydrogen-bond donors (Lipinski definition) is 0. The van der Waals surface area contributed by atoms with Crippen LogP contribution in [0.25, 0.3) is 17.0 Å². The van der Waals surface area contributed by atoms with Gasteiger partial charge in [-0.15, -0.1) is 0 Å². The van der Waals surface area contributed by atoms with Gasteiger partial charge in [-0.3, -0.25) is 4.79 Å².